The SMILES string of the molecule is O=C(NS(=O)(=O)c1cccc(Cl)c1OC(F)F)c1conc1C1CC1. The molecule has 1 aliphatic rings. The predicted octanol–water partition coefficient (Wildman–Crippen LogP) is 2.93. The standard InChI is InChI=1S/C14H11ClF2N2O5S/c15-9-2-1-3-10(12(9)24-14(16)17)25(21,22)19-13(20)8-6-23-18-11(8)7-4-5-7/h1-3,6-7,14H,4-5H2,(H,19,20). The quantitative estimate of drug-likeness (QED) is 0.811. The van der Waals surface area contributed by atoms with Gasteiger partial charge in [0.25, 0.3) is 15.9 Å². The first-order valence-electron chi connectivity index (χ1n) is 7.04. The minimum Gasteiger partial charge on any atom is -0.432 e. The molecule has 0 unspecified atom stereocenters. The van der Waals surface area contributed by atoms with E-state index in [0.717, 1.165) is 25.2 Å². The molecule has 1 aromatic heterocycles. The largest absolute Gasteiger partial charge is 0.432 e. The van der Waals surface area contributed by atoms with Crippen molar-refractivity contribution in [2.75, 3.05) is 0 Å². The predicted molar refractivity (Wildman–Crippen MR) is 81.2 cm³/mol. The van der Waals surface area contributed by atoms with Gasteiger partial charge in [-0.25, -0.2) is 13.1 Å². The number of para-hydroxylation sites is 1. The second-order valence-corrected chi connectivity index (χ2v) is 7.33. The lowest BCUT2D eigenvalue weighted by Crippen LogP contribution is -2.31. The molecule has 3 rings (SSSR count). The Morgan fingerprint density at radius 1 is 1.40 bits per heavy atom. The number of benzene rings is 1. The van der Waals surface area contributed by atoms with Crippen LogP contribution in [0.15, 0.2) is 33.9 Å². The Balaban J connectivity index is 1.90. The number of alkyl halides is 2. The van der Waals surface area contributed by atoms with E-state index in [1.54, 1.807) is 4.72 Å². The van der Waals surface area contributed by atoms with Crippen LogP contribution < -0.4 is 9.46 Å². The van der Waals surface area contributed by atoms with Crippen molar-refractivity contribution in [1.82, 2.24) is 9.88 Å². The topological polar surface area (TPSA) is 98.5 Å². The van der Waals surface area contributed by atoms with Gasteiger partial charge in [0.2, 0.25) is 0 Å². The number of amides is 1. The van der Waals surface area contributed by atoms with Crippen molar-refractivity contribution in [3.63, 3.8) is 0 Å². The lowest BCUT2D eigenvalue weighted by molar-refractivity contribution is -0.0516. The molecule has 11 heteroatoms. The van der Waals surface area contributed by atoms with Crippen molar-refractivity contribution in [3.05, 3.63) is 40.7 Å². The normalized spacial score (nSPS) is 14.6. The van der Waals surface area contributed by atoms with E-state index in [1.807, 2.05) is 0 Å². The summed E-state index contributed by atoms with van der Waals surface area (Å²) in [7, 11) is -4.52. The van der Waals surface area contributed by atoms with Gasteiger partial charge in [0.1, 0.15) is 16.7 Å². The summed E-state index contributed by atoms with van der Waals surface area (Å²) in [4.78, 5) is 11.6. The van der Waals surface area contributed by atoms with Gasteiger partial charge in [0.15, 0.2) is 5.75 Å². The van der Waals surface area contributed by atoms with Crippen molar-refractivity contribution in [1.29, 1.82) is 0 Å². The number of hydrogen-bond acceptors (Lipinski definition) is 6. The molecule has 1 N–H and O–H groups in total. The molecule has 0 spiro atoms. The minimum absolute atomic E-state index is 0.0237. The first-order valence-corrected chi connectivity index (χ1v) is 8.90. The van der Waals surface area contributed by atoms with E-state index < -0.39 is 33.2 Å². The molecule has 0 radical (unpaired) electrons. The summed E-state index contributed by atoms with van der Waals surface area (Å²) < 4.78 is 60.6. The molecule has 1 saturated carbocycles. The summed E-state index contributed by atoms with van der Waals surface area (Å²) in [6.07, 6.45) is 2.67. The molecule has 1 heterocycles. The average Bonchev–Trinajstić information content (AvgIpc) is 3.25. The molecule has 0 aliphatic heterocycles. The number of carbonyl (C=O) groups is 1. The van der Waals surface area contributed by atoms with E-state index in [1.165, 1.54) is 12.1 Å². The molecular formula is C14H11ClF2N2O5S. The van der Waals surface area contributed by atoms with Crippen molar-refractivity contribution < 1.29 is 31.3 Å². The van der Waals surface area contributed by atoms with Gasteiger partial charge in [0.05, 0.1) is 10.7 Å². The number of halogens is 3. The Kier molecular flexibility index (Phi) is 4.65. The highest BCUT2D eigenvalue weighted by Gasteiger charge is 2.33. The molecule has 0 atom stereocenters. The van der Waals surface area contributed by atoms with Gasteiger partial charge in [-0.2, -0.15) is 8.78 Å². The van der Waals surface area contributed by atoms with Crippen molar-refractivity contribution in [2.45, 2.75) is 30.3 Å². The van der Waals surface area contributed by atoms with Gasteiger partial charge in [-0.05, 0) is 25.0 Å². The zero-order valence-corrected chi connectivity index (χ0v) is 14.0. The summed E-state index contributed by atoms with van der Waals surface area (Å²) in [5, 5.41) is 3.36. The average molecular weight is 393 g/mol. The maximum Gasteiger partial charge on any atom is 0.387 e. The van der Waals surface area contributed by atoms with Gasteiger partial charge in [-0.15, -0.1) is 0 Å². The second-order valence-electron chi connectivity index (χ2n) is 5.27. The van der Waals surface area contributed by atoms with Crippen LogP contribution in [0.2, 0.25) is 5.02 Å². The Hall–Kier alpha value is -2.20. The maximum atomic E-state index is 12.5. The van der Waals surface area contributed by atoms with Crippen LogP contribution in [0.25, 0.3) is 0 Å². The van der Waals surface area contributed by atoms with E-state index in [0.29, 0.717) is 5.69 Å². The highest BCUT2D eigenvalue weighted by atomic mass is 35.5. The lowest BCUT2D eigenvalue weighted by Gasteiger charge is -2.13. The van der Waals surface area contributed by atoms with E-state index in [9.17, 15) is 22.0 Å². The maximum absolute atomic E-state index is 12.5. The molecule has 1 fully saturated rings. The van der Waals surface area contributed by atoms with Crippen molar-refractivity contribution >= 4 is 27.5 Å². The fraction of sp³-hybridized carbons (Fsp3) is 0.286. The Labute approximate surface area is 145 Å². The third kappa shape index (κ3) is 3.74. The van der Waals surface area contributed by atoms with Crippen LogP contribution >= 0.6 is 11.6 Å². The zero-order valence-electron chi connectivity index (χ0n) is 12.4. The summed E-state index contributed by atoms with van der Waals surface area (Å²) in [5.74, 6) is -1.68. The Morgan fingerprint density at radius 3 is 2.76 bits per heavy atom. The van der Waals surface area contributed by atoms with E-state index in [4.69, 9.17) is 16.1 Å². The minimum atomic E-state index is -4.52. The van der Waals surface area contributed by atoms with Gasteiger partial charge < -0.3 is 9.26 Å². The van der Waals surface area contributed by atoms with Crippen LogP contribution in [0.1, 0.15) is 34.8 Å². The Bertz CT molecular complexity index is 912. The molecule has 1 aromatic carbocycles. The van der Waals surface area contributed by atoms with E-state index >= 15 is 0 Å². The number of aromatic nitrogens is 1. The highest BCUT2D eigenvalue weighted by molar-refractivity contribution is 7.90. The molecule has 0 saturated heterocycles. The van der Waals surface area contributed by atoms with Gasteiger partial charge >= 0.3 is 6.61 Å². The number of rotatable bonds is 6. The molecule has 7 nitrogen and oxygen atoms in total. The second kappa shape index (κ2) is 6.60. The van der Waals surface area contributed by atoms with Gasteiger partial charge in [-0.1, -0.05) is 22.8 Å². The monoisotopic (exact) mass is 392 g/mol. The third-order valence-electron chi connectivity index (χ3n) is 3.46. The van der Waals surface area contributed by atoms with Crippen LogP contribution in [0.4, 0.5) is 8.78 Å². The molecule has 1 aliphatic carbocycles. The fourth-order valence-corrected chi connectivity index (χ4v) is 3.60. The first-order chi connectivity index (χ1) is 11.8. The van der Waals surface area contributed by atoms with Crippen LogP contribution in [-0.4, -0.2) is 26.1 Å². The molecule has 25 heavy (non-hydrogen) atoms. The van der Waals surface area contributed by atoms with Crippen molar-refractivity contribution in [2.24, 2.45) is 0 Å². The number of ether oxygens (including phenoxy) is 1. The fourth-order valence-electron chi connectivity index (χ4n) is 2.20. The third-order valence-corrected chi connectivity index (χ3v) is 5.11. The summed E-state index contributed by atoms with van der Waals surface area (Å²) in [6.45, 7) is -3.29. The zero-order chi connectivity index (χ0) is 18.2. The summed E-state index contributed by atoms with van der Waals surface area (Å²) in [5.41, 5.74) is 0.340. The van der Waals surface area contributed by atoms with Crippen LogP contribution in [0.5, 0.6) is 5.75 Å². The van der Waals surface area contributed by atoms with Crippen LogP contribution in [0, 0.1) is 0 Å². The number of hydrogen-bond donors (Lipinski definition) is 1. The highest BCUT2D eigenvalue weighted by Crippen LogP contribution is 2.41. The molecule has 0 bridgehead atoms. The molecule has 1 amide bonds. The number of sulfonamides is 1. The lowest BCUT2D eigenvalue weighted by atomic mass is 10.2. The molecular weight excluding hydrogens is 382 g/mol. The van der Waals surface area contributed by atoms with Crippen molar-refractivity contribution in [3.8, 4) is 5.75 Å². The van der Waals surface area contributed by atoms with E-state index in [-0.39, 0.29) is 16.5 Å². The Morgan fingerprint density at radius 2 is 2.12 bits per heavy atom. The molecule has 2 aromatic rings. The number of nitrogens with zero attached hydrogens (tertiary/aromatic N) is 1. The summed E-state index contributed by atoms with van der Waals surface area (Å²) >= 11 is 5.73. The molecule has 134 valence electrons. The van der Waals surface area contributed by atoms with Crippen LogP contribution in [0.3, 0.4) is 0 Å². The van der Waals surface area contributed by atoms with Gasteiger partial charge in [0, 0.05) is 5.92 Å². The number of carbonyl (C=O) groups excluding carboxylic acids is 1. The van der Waals surface area contributed by atoms with Crippen LogP contribution in [-0.2, 0) is 10.0 Å². The van der Waals surface area contributed by atoms with Gasteiger partial charge in [-0.3, -0.25) is 4.79 Å². The first kappa shape index (κ1) is 17.6. The summed E-state index contributed by atoms with van der Waals surface area (Å²) in [6, 6.07) is 3.41. The smallest absolute Gasteiger partial charge is 0.387 e. The van der Waals surface area contributed by atoms with E-state index in [2.05, 4.69) is 9.89 Å². The number of nitrogens with one attached hydrogen (secondary N) is 1.